The van der Waals surface area contributed by atoms with Gasteiger partial charge in [-0.2, -0.15) is 5.10 Å². The molecule has 3 rings (SSSR count). The molecule has 0 aliphatic rings. The van der Waals surface area contributed by atoms with Gasteiger partial charge in [0.2, 0.25) is 5.88 Å². The first-order chi connectivity index (χ1) is 16.0. The van der Waals surface area contributed by atoms with Gasteiger partial charge in [0.15, 0.2) is 0 Å². The van der Waals surface area contributed by atoms with Crippen LogP contribution in [0.3, 0.4) is 0 Å². The average molecular weight is 456 g/mol. The van der Waals surface area contributed by atoms with Crippen LogP contribution in [0.4, 0.5) is 0 Å². The Bertz CT molecular complexity index is 993. The summed E-state index contributed by atoms with van der Waals surface area (Å²) in [6.07, 6.45) is -0.619. The minimum Gasteiger partial charge on any atom is -0.497 e. The van der Waals surface area contributed by atoms with E-state index in [1.54, 1.807) is 26.0 Å². The molecule has 0 bridgehead atoms. The van der Waals surface area contributed by atoms with Crippen LogP contribution in [-0.4, -0.2) is 73.5 Å². The standard InChI is InChI=1S/C25H33N3O5/c1-27-25(33-22-12-8-11-21(15-22)32-4)23(24(26-27)19-9-6-5-7-10-19)17-28(13-14-30-2)16-20(29)18-31-3/h5-12,15,20,29H,13-14,16-18H2,1-4H3. The fraction of sp³-hybridized carbons (Fsp3) is 0.400. The molecule has 2 aromatic carbocycles. The van der Waals surface area contributed by atoms with Crippen molar-refractivity contribution < 1.29 is 24.1 Å². The topological polar surface area (TPSA) is 78.2 Å². The third-order valence-electron chi connectivity index (χ3n) is 5.21. The molecule has 0 radical (unpaired) electrons. The highest BCUT2D eigenvalue weighted by Gasteiger charge is 2.23. The Labute approximate surface area is 195 Å². The van der Waals surface area contributed by atoms with Crippen molar-refractivity contribution in [3.05, 3.63) is 60.2 Å². The molecular formula is C25H33N3O5. The molecular weight excluding hydrogens is 422 g/mol. The van der Waals surface area contributed by atoms with Crippen LogP contribution in [0.2, 0.25) is 0 Å². The summed E-state index contributed by atoms with van der Waals surface area (Å²) < 4.78 is 23.8. The summed E-state index contributed by atoms with van der Waals surface area (Å²) in [7, 11) is 6.74. The minimum absolute atomic E-state index is 0.259. The van der Waals surface area contributed by atoms with Crippen LogP contribution in [0.15, 0.2) is 54.6 Å². The molecule has 0 fully saturated rings. The number of aromatic nitrogens is 2. The van der Waals surface area contributed by atoms with Crippen LogP contribution in [0.1, 0.15) is 5.56 Å². The number of methoxy groups -OCH3 is 3. The maximum absolute atomic E-state index is 10.4. The van der Waals surface area contributed by atoms with E-state index in [2.05, 4.69) is 4.90 Å². The third-order valence-corrected chi connectivity index (χ3v) is 5.21. The van der Waals surface area contributed by atoms with Gasteiger partial charge in [0.1, 0.15) is 17.2 Å². The molecule has 1 atom stereocenters. The second-order valence-electron chi connectivity index (χ2n) is 7.74. The highest BCUT2D eigenvalue weighted by molar-refractivity contribution is 5.65. The van der Waals surface area contributed by atoms with Crippen molar-refractivity contribution in [3.8, 4) is 28.6 Å². The van der Waals surface area contributed by atoms with Crippen molar-refractivity contribution >= 4 is 0 Å². The highest BCUT2D eigenvalue weighted by atomic mass is 16.5. The molecule has 1 N–H and O–H groups in total. The van der Waals surface area contributed by atoms with E-state index in [1.165, 1.54) is 0 Å². The summed E-state index contributed by atoms with van der Waals surface area (Å²) in [6, 6.07) is 17.5. The zero-order chi connectivity index (χ0) is 23.6. The van der Waals surface area contributed by atoms with Crippen molar-refractivity contribution in [1.29, 1.82) is 0 Å². The predicted octanol–water partition coefficient (Wildman–Crippen LogP) is 3.34. The number of benzene rings is 2. The van der Waals surface area contributed by atoms with Gasteiger partial charge < -0.3 is 24.1 Å². The maximum Gasteiger partial charge on any atom is 0.222 e. The first-order valence-corrected chi connectivity index (χ1v) is 10.9. The molecule has 1 unspecified atom stereocenters. The van der Waals surface area contributed by atoms with Crippen LogP contribution in [0.25, 0.3) is 11.3 Å². The summed E-state index contributed by atoms with van der Waals surface area (Å²) in [5.74, 6) is 2.00. The number of rotatable bonds is 13. The summed E-state index contributed by atoms with van der Waals surface area (Å²) in [5.41, 5.74) is 2.75. The Balaban J connectivity index is 1.99. The molecule has 0 saturated heterocycles. The number of aryl methyl sites for hydroxylation is 1. The number of hydrogen-bond acceptors (Lipinski definition) is 7. The molecule has 0 aliphatic heterocycles. The van der Waals surface area contributed by atoms with Crippen LogP contribution < -0.4 is 9.47 Å². The second kappa shape index (κ2) is 12.4. The zero-order valence-corrected chi connectivity index (χ0v) is 19.7. The van der Waals surface area contributed by atoms with Crippen molar-refractivity contribution in [1.82, 2.24) is 14.7 Å². The van der Waals surface area contributed by atoms with Crippen molar-refractivity contribution in [2.45, 2.75) is 12.6 Å². The summed E-state index contributed by atoms with van der Waals surface area (Å²) in [4.78, 5) is 2.12. The lowest BCUT2D eigenvalue weighted by atomic mass is 10.1. The molecule has 3 aromatic rings. The Kier molecular flexibility index (Phi) is 9.26. The molecule has 33 heavy (non-hydrogen) atoms. The van der Waals surface area contributed by atoms with Crippen molar-refractivity contribution in [2.24, 2.45) is 7.05 Å². The number of aliphatic hydroxyl groups is 1. The largest absolute Gasteiger partial charge is 0.497 e. The Morgan fingerprint density at radius 2 is 1.76 bits per heavy atom. The quantitative estimate of drug-likeness (QED) is 0.423. The molecule has 8 heteroatoms. The lowest BCUT2D eigenvalue weighted by Gasteiger charge is -2.25. The van der Waals surface area contributed by atoms with Gasteiger partial charge in [-0.25, -0.2) is 4.68 Å². The monoisotopic (exact) mass is 455 g/mol. The molecule has 0 aliphatic carbocycles. The third kappa shape index (κ3) is 6.79. The van der Waals surface area contributed by atoms with Crippen LogP contribution >= 0.6 is 0 Å². The SMILES string of the molecule is COCCN(Cc1c(-c2ccccc2)nn(C)c1Oc1cccc(OC)c1)CC(O)COC. The fourth-order valence-electron chi connectivity index (χ4n) is 3.65. The van der Waals surface area contributed by atoms with Gasteiger partial charge in [0.05, 0.1) is 32.0 Å². The van der Waals surface area contributed by atoms with Gasteiger partial charge in [0, 0.05) is 52.5 Å². The first kappa shape index (κ1) is 24.7. The van der Waals surface area contributed by atoms with E-state index >= 15 is 0 Å². The first-order valence-electron chi connectivity index (χ1n) is 10.9. The Morgan fingerprint density at radius 1 is 1.00 bits per heavy atom. The number of aliphatic hydroxyl groups excluding tert-OH is 1. The van der Waals surface area contributed by atoms with Gasteiger partial charge in [0.25, 0.3) is 0 Å². The lowest BCUT2D eigenvalue weighted by molar-refractivity contribution is 0.0292. The normalized spacial score (nSPS) is 12.2. The number of ether oxygens (including phenoxy) is 4. The predicted molar refractivity (Wildman–Crippen MR) is 127 cm³/mol. The minimum atomic E-state index is -0.619. The van der Waals surface area contributed by atoms with Gasteiger partial charge in [-0.3, -0.25) is 4.90 Å². The van der Waals surface area contributed by atoms with E-state index in [1.807, 2.05) is 61.6 Å². The molecule has 178 valence electrons. The second-order valence-corrected chi connectivity index (χ2v) is 7.74. The van der Waals surface area contributed by atoms with E-state index in [4.69, 9.17) is 24.0 Å². The van der Waals surface area contributed by atoms with E-state index in [0.717, 1.165) is 16.8 Å². The van der Waals surface area contributed by atoms with Crippen LogP contribution in [0.5, 0.6) is 17.4 Å². The Hall–Kier alpha value is -2.91. The van der Waals surface area contributed by atoms with E-state index < -0.39 is 6.10 Å². The molecule has 0 spiro atoms. The zero-order valence-electron chi connectivity index (χ0n) is 19.7. The molecule has 1 heterocycles. The average Bonchev–Trinajstić information content (AvgIpc) is 3.13. The number of hydrogen-bond donors (Lipinski definition) is 1. The van der Waals surface area contributed by atoms with Gasteiger partial charge >= 0.3 is 0 Å². The Morgan fingerprint density at radius 3 is 2.45 bits per heavy atom. The van der Waals surface area contributed by atoms with Gasteiger partial charge in [-0.05, 0) is 12.1 Å². The molecule has 8 nitrogen and oxygen atoms in total. The highest BCUT2D eigenvalue weighted by Crippen LogP contribution is 2.35. The van der Waals surface area contributed by atoms with Crippen LogP contribution in [-0.2, 0) is 23.1 Å². The van der Waals surface area contributed by atoms with E-state index in [-0.39, 0.29) is 6.61 Å². The van der Waals surface area contributed by atoms with Crippen LogP contribution in [0, 0.1) is 0 Å². The van der Waals surface area contributed by atoms with Crippen molar-refractivity contribution in [2.75, 3.05) is 47.6 Å². The summed E-state index contributed by atoms with van der Waals surface area (Å²) in [6.45, 7) is 2.38. The fourth-order valence-corrected chi connectivity index (χ4v) is 3.65. The maximum atomic E-state index is 10.4. The molecule has 1 aromatic heterocycles. The lowest BCUT2D eigenvalue weighted by Crippen LogP contribution is -2.36. The van der Waals surface area contributed by atoms with Gasteiger partial charge in [-0.15, -0.1) is 0 Å². The van der Waals surface area contributed by atoms with E-state index in [0.29, 0.717) is 43.6 Å². The molecule has 0 saturated carbocycles. The summed E-state index contributed by atoms with van der Waals surface area (Å²) in [5, 5.41) is 15.2. The summed E-state index contributed by atoms with van der Waals surface area (Å²) >= 11 is 0. The molecule has 0 amide bonds. The van der Waals surface area contributed by atoms with Gasteiger partial charge in [-0.1, -0.05) is 36.4 Å². The number of nitrogens with zero attached hydrogens (tertiary/aromatic N) is 3. The smallest absolute Gasteiger partial charge is 0.222 e. The van der Waals surface area contributed by atoms with Crippen molar-refractivity contribution in [3.63, 3.8) is 0 Å². The van der Waals surface area contributed by atoms with E-state index in [9.17, 15) is 5.11 Å².